The molecule has 1 unspecified atom stereocenters. The first-order valence-electron chi connectivity index (χ1n) is 6.58. The van der Waals surface area contributed by atoms with Gasteiger partial charge in [0.1, 0.15) is 9.88 Å². The standard InChI is InChI=1S/C15H15ClN2O3S/c1-7-10(5-4-6-11(7)16)13(19)17-9(3)14-18-8(2)12(22-14)15(20)21/h4-6,9H,1-3H3,(H,17,19)(H,20,21). The number of carboxylic acid groups (broad SMARTS) is 1. The maximum absolute atomic E-state index is 12.3. The number of carbonyl (C=O) groups is 2. The molecule has 1 aromatic heterocycles. The van der Waals surface area contributed by atoms with Crippen molar-refractivity contribution in [3.8, 4) is 0 Å². The van der Waals surface area contributed by atoms with E-state index in [2.05, 4.69) is 10.3 Å². The van der Waals surface area contributed by atoms with E-state index in [0.717, 1.165) is 11.3 Å². The Kier molecular flexibility index (Phi) is 4.83. The van der Waals surface area contributed by atoms with Gasteiger partial charge in [-0.3, -0.25) is 4.79 Å². The summed E-state index contributed by atoms with van der Waals surface area (Å²) in [6.07, 6.45) is 0. The average molecular weight is 339 g/mol. The van der Waals surface area contributed by atoms with Crippen molar-refractivity contribution in [2.45, 2.75) is 26.8 Å². The third-order valence-electron chi connectivity index (χ3n) is 3.24. The van der Waals surface area contributed by atoms with Gasteiger partial charge in [0.15, 0.2) is 0 Å². The van der Waals surface area contributed by atoms with Crippen LogP contribution in [-0.4, -0.2) is 22.0 Å². The van der Waals surface area contributed by atoms with Gasteiger partial charge in [0, 0.05) is 10.6 Å². The molecule has 5 nitrogen and oxygen atoms in total. The van der Waals surface area contributed by atoms with Crippen molar-refractivity contribution in [2.24, 2.45) is 0 Å². The molecule has 0 bridgehead atoms. The van der Waals surface area contributed by atoms with E-state index in [-0.39, 0.29) is 16.8 Å². The first kappa shape index (κ1) is 16.5. The van der Waals surface area contributed by atoms with E-state index < -0.39 is 5.97 Å². The Bertz CT molecular complexity index is 742. The smallest absolute Gasteiger partial charge is 0.347 e. The second-order valence-corrected chi connectivity index (χ2v) is 6.32. The lowest BCUT2D eigenvalue weighted by Gasteiger charge is -2.13. The number of hydrogen-bond donors (Lipinski definition) is 2. The van der Waals surface area contributed by atoms with Gasteiger partial charge in [-0.15, -0.1) is 11.3 Å². The van der Waals surface area contributed by atoms with Crippen LogP contribution in [0.4, 0.5) is 0 Å². The topological polar surface area (TPSA) is 79.3 Å². The van der Waals surface area contributed by atoms with Gasteiger partial charge in [0.25, 0.3) is 5.91 Å². The summed E-state index contributed by atoms with van der Waals surface area (Å²) in [4.78, 5) is 27.8. The quantitative estimate of drug-likeness (QED) is 0.892. The fourth-order valence-electron chi connectivity index (χ4n) is 1.99. The van der Waals surface area contributed by atoms with E-state index in [1.807, 2.05) is 0 Å². The van der Waals surface area contributed by atoms with E-state index >= 15 is 0 Å². The maximum atomic E-state index is 12.3. The highest BCUT2D eigenvalue weighted by Crippen LogP contribution is 2.24. The minimum absolute atomic E-state index is 0.190. The van der Waals surface area contributed by atoms with E-state index in [1.165, 1.54) is 0 Å². The fourth-order valence-corrected chi connectivity index (χ4v) is 3.07. The largest absolute Gasteiger partial charge is 0.477 e. The summed E-state index contributed by atoms with van der Waals surface area (Å²) >= 11 is 7.08. The lowest BCUT2D eigenvalue weighted by Crippen LogP contribution is -2.27. The van der Waals surface area contributed by atoms with Crippen LogP contribution >= 0.6 is 22.9 Å². The second kappa shape index (κ2) is 6.46. The van der Waals surface area contributed by atoms with E-state index in [1.54, 1.807) is 39.0 Å². The highest BCUT2D eigenvalue weighted by molar-refractivity contribution is 7.13. The molecule has 1 atom stereocenters. The van der Waals surface area contributed by atoms with E-state index in [0.29, 0.717) is 26.9 Å². The Hall–Kier alpha value is -1.92. The number of halogens is 1. The van der Waals surface area contributed by atoms with Gasteiger partial charge in [-0.1, -0.05) is 17.7 Å². The number of amides is 1. The number of aromatic carboxylic acids is 1. The Labute approximate surface area is 137 Å². The van der Waals surface area contributed by atoms with Crippen molar-refractivity contribution in [2.75, 3.05) is 0 Å². The second-order valence-electron chi connectivity index (χ2n) is 4.88. The minimum atomic E-state index is -1.01. The SMILES string of the molecule is Cc1nc(C(C)NC(=O)c2cccc(Cl)c2C)sc1C(=O)O. The average Bonchev–Trinajstić information content (AvgIpc) is 2.84. The molecule has 0 fully saturated rings. The third kappa shape index (κ3) is 3.28. The van der Waals surface area contributed by atoms with E-state index in [4.69, 9.17) is 16.7 Å². The van der Waals surface area contributed by atoms with Crippen molar-refractivity contribution < 1.29 is 14.7 Å². The normalized spacial score (nSPS) is 12.0. The van der Waals surface area contributed by atoms with Crippen molar-refractivity contribution in [1.29, 1.82) is 0 Å². The van der Waals surface area contributed by atoms with E-state index in [9.17, 15) is 9.59 Å². The van der Waals surface area contributed by atoms with Gasteiger partial charge >= 0.3 is 5.97 Å². The Morgan fingerprint density at radius 2 is 2.05 bits per heavy atom. The summed E-state index contributed by atoms with van der Waals surface area (Å²) in [6.45, 7) is 5.18. The van der Waals surface area contributed by atoms with Gasteiger partial charge in [0.2, 0.25) is 0 Å². The number of nitrogens with zero attached hydrogens (tertiary/aromatic N) is 1. The molecule has 1 heterocycles. The first-order chi connectivity index (χ1) is 10.3. The van der Waals surface area contributed by atoms with Crippen LogP contribution in [0.1, 0.15) is 49.3 Å². The lowest BCUT2D eigenvalue weighted by molar-refractivity contribution is 0.0701. The summed E-state index contributed by atoms with van der Waals surface area (Å²) in [7, 11) is 0. The van der Waals surface area contributed by atoms with Gasteiger partial charge in [-0.05, 0) is 38.5 Å². The molecule has 1 amide bonds. The number of carboxylic acids is 1. The molecule has 7 heteroatoms. The molecule has 0 spiro atoms. The summed E-state index contributed by atoms with van der Waals surface area (Å²) in [5, 5.41) is 13.0. The fraction of sp³-hybridized carbons (Fsp3) is 0.267. The molecule has 0 aliphatic heterocycles. The van der Waals surface area contributed by atoms with Crippen molar-refractivity contribution >= 4 is 34.8 Å². The molecule has 0 saturated carbocycles. The summed E-state index contributed by atoms with van der Waals surface area (Å²) in [5.41, 5.74) is 1.65. The van der Waals surface area contributed by atoms with Gasteiger partial charge in [-0.25, -0.2) is 9.78 Å². The summed E-state index contributed by atoms with van der Waals surface area (Å²) in [5.74, 6) is -1.28. The predicted octanol–water partition coefficient (Wildman–Crippen LogP) is 3.60. The van der Waals surface area contributed by atoms with Crippen LogP contribution < -0.4 is 5.32 Å². The zero-order chi connectivity index (χ0) is 16.4. The Morgan fingerprint density at radius 1 is 1.36 bits per heavy atom. The van der Waals surface area contributed by atoms with Gasteiger partial charge < -0.3 is 10.4 Å². The van der Waals surface area contributed by atoms with Crippen LogP contribution in [-0.2, 0) is 0 Å². The number of aromatic nitrogens is 1. The first-order valence-corrected chi connectivity index (χ1v) is 7.77. The molecule has 22 heavy (non-hydrogen) atoms. The monoisotopic (exact) mass is 338 g/mol. The van der Waals surface area contributed by atoms with Gasteiger partial charge in [0.05, 0.1) is 11.7 Å². The summed E-state index contributed by atoms with van der Waals surface area (Å²) in [6, 6.07) is 4.74. The van der Waals surface area contributed by atoms with Crippen molar-refractivity contribution in [1.82, 2.24) is 10.3 Å². The van der Waals surface area contributed by atoms with Crippen LogP contribution in [0.3, 0.4) is 0 Å². The molecule has 0 radical (unpaired) electrons. The lowest BCUT2D eigenvalue weighted by atomic mass is 10.1. The highest BCUT2D eigenvalue weighted by atomic mass is 35.5. The Morgan fingerprint density at radius 3 is 2.64 bits per heavy atom. The predicted molar refractivity (Wildman–Crippen MR) is 85.9 cm³/mol. The maximum Gasteiger partial charge on any atom is 0.347 e. The molecule has 0 aliphatic carbocycles. The van der Waals surface area contributed by atoms with Crippen LogP contribution in [0, 0.1) is 13.8 Å². The Balaban J connectivity index is 2.19. The molecular weight excluding hydrogens is 324 g/mol. The molecule has 0 aliphatic rings. The number of aryl methyl sites for hydroxylation is 1. The van der Waals surface area contributed by atoms with Crippen molar-refractivity contribution in [3.05, 3.63) is 49.9 Å². The number of hydrogen-bond acceptors (Lipinski definition) is 4. The number of thiazole rings is 1. The van der Waals surface area contributed by atoms with Gasteiger partial charge in [-0.2, -0.15) is 0 Å². The molecule has 2 N–H and O–H groups in total. The highest BCUT2D eigenvalue weighted by Gasteiger charge is 2.20. The molecular formula is C15H15ClN2O3S. The number of nitrogens with one attached hydrogen (secondary N) is 1. The third-order valence-corrected chi connectivity index (χ3v) is 4.98. The number of carbonyl (C=O) groups excluding carboxylic acids is 1. The minimum Gasteiger partial charge on any atom is -0.477 e. The molecule has 116 valence electrons. The van der Waals surface area contributed by atoms with Crippen LogP contribution in [0.25, 0.3) is 0 Å². The number of rotatable bonds is 4. The van der Waals surface area contributed by atoms with Crippen LogP contribution in [0.2, 0.25) is 5.02 Å². The van der Waals surface area contributed by atoms with Crippen LogP contribution in [0.15, 0.2) is 18.2 Å². The number of benzene rings is 1. The van der Waals surface area contributed by atoms with Crippen molar-refractivity contribution in [3.63, 3.8) is 0 Å². The molecule has 0 saturated heterocycles. The molecule has 2 aromatic rings. The zero-order valence-corrected chi connectivity index (χ0v) is 13.9. The molecule has 2 rings (SSSR count). The molecule has 1 aromatic carbocycles. The summed E-state index contributed by atoms with van der Waals surface area (Å²) < 4.78 is 0. The zero-order valence-electron chi connectivity index (χ0n) is 12.3. The van der Waals surface area contributed by atoms with Crippen LogP contribution in [0.5, 0.6) is 0 Å².